The minimum absolute atomic E-state index is 0.833. The molecule has 1 saturated heterocycles. The standard InChI is InChI=1S/C5H10NS/c7-5-6-3-1-2-4-6/h1-5H2. The largest absolute Gasteiger partial charge is 0.293 e. The Morgan fingerprint density at radius 2 is 1.86 bits per heavy atom. The summed E-state index contributed by atoms with van der Waals surface area (Å²) in [7, 11) is 0. The van der Waals surface area contributed by atoms with Gasteiger partial charge in [-0.2, -0.15) is 0 Å². The number of hydrogen-bond donors (Lipinski definition) is 0. The summed E-state index contributed by atoms with van der Waals surface area (Å²) >= 11 is 4.84. The molecule has 0 N–H and O–H groups in total. The van der Waals surface area contributed by atoms with E-state index in [1.165, 1.54) is 25.9 Å². The van der Waals surface area contributed by atoms with Gasteiger partial charge in [-0.1, -0.05) is 12.6 Å². The van der Waals surface area contributed by atoms with Gasteiger partial charge >= 0.3 is 0 Å². The van der Waals surface area contributed by atoms with E-state index in [0.29, 0.717) is 0 Å². The minimum atomic E-state index is 0.833. The number of likely N-dealkylation sites (tertiary alicyclic amines) is 1. The van der Waals surface area contributed by atoms with Crippen LogP contribution >= 0.6 is 12.6 Å². The van der Waals surface area contributed by atoms with Gasteiger partial charge in [-0.25, -0.2) is 0 Å². The molecule has 2 heteroatoms. The molecular weight excluding hydrogens is 106 g/mol. The summed E-state index contributed by atoms with van der Waals surface area (Å²) in [6.07, 6.45) is 2.72. The molecule has 0 saturated carbocycles. The zero-order valence-corrected chi connectivity index (χ0v) is 5.21. The predicted octanol–water partition coefficient (Wildman–Crippen LogP) is 1.24. The fraction of sp³-hybridized carbons (Fsp3) is 1.00. The fourth-order valence-corrected chi connectivity index (χ4v) is 1.17. The molecule has 0 aliphatic carbocycles. The Bertz CT molecular complexity index is 50.0. The lowest BCUT2D eigenvalue weighted by Crippen LogP contribution is -2.16. The van der Waals surface area contributed by atoms with Crippen molar-refractivity contribution >= 4 is 12.6 Å². The van der Waals surface area contributed by atoms with Crippen molar-refractivity contribution in [3.63, 3.8) is 0 Å². The molecular formula is C5H10NS. The Kier molecular flexibility index (Phi) is 2.00. The van der Waals surface area contributed by atoms with E-state index in [4.69, 9.17) is 12.6 Å². The van der Waals surface area contributed by atoms with Gasteiger partial charge in [0, 0.05) is 0 Å². The third-order valence-corrected chi connectivity index (χ3v) is 1.75. The molecule has 1 fully saturated rings. The summed E-state index contributed by atoms with van der Waals surface area (Å²) in [5.74, 6) is 0.833. The van der Waals surface area contributed by atoms with Gasteiger partial charge < -0.3 is 0 Å². The second-order valence-corrected chi connectivity index (χ2v) is 2.21. The summed E-state index contributed by atoms with van der Waals surface area (Å²) in [5, 5.41) is 0. The van der Waals surface area contributed by atoms with Crippen molar-refractivity contribution in [2.45, 2.75) is 12.8 Å². The molecule has 0 aromatic rings. The van der Waals surface area contributed by atoms with Crippen LogP contribution in [0.3, 0.4) is 0 Å². The Morgan fingerprint density at radius 1 is 1.29 bits per heavy atom. The van der Waals surface area contributed by atoms with Gasteiger partial charge in [0.05, 0.1) is 5.88 Å². The summed E-state index contributed by atoms with van der Waals surface area (Å²) < 4.78 is 0. The average Bonchev–Trinajstić information content (AvgIpc) is 2.14. The highest BCUT2D eigenvalue weighted by Crippen LogP contribution is 2.06. The van der Waals surface area contributed by atoms with Crippen molar-refractivity contribution in [1.82, 2.24) is 4.90 Å². The average molecular weight is 116 g/mol. The lowest BCUT2D eigenvalue weighted by molar-refractivity contribution is 0.402. The first-order valence-electron chi connectivity index (χ1n) is 2.74. The van der Waals surface area contributed by atoms with E-state index in [2.05, 4.69) is 4.90 Å². The van der Waals surface area contributed by atoms with E-state index in [-0.39, 0.29) is 0 Å². The summed E-state index contributed by atoms with van der Waals surface area (Å²) in [6.45, 7) is 2.48. The molecule has 1 aliphatic rings. The van der Waals surface area contributed by atoms with Crippen LogP contribution < -0.4 is 0 Å². The molecule has 1 radical (unpaired) electrons. The van der Waals surface area contributed by atoms with Gasteiger partial charge in [0.1, 0.15) is 0 Å². The van der Waals surface area contributed by atoms with E-state index in [0.717, 1.165) is 5.88 Å². The first-order chi connectivity index (χ1) is 3.43. The lowest BCUT2D eigenvalue weighted by Gasteiger charge is -2.06. The number of rotatable bonds is 1. The predicted molar refractivity (Wildman–Crippen MR) is 33.3 cm³/mol. The second-order valence-electron chi connectivity index (χ2n) is 1.95. The van der Waals surface area contributed by atoms with Crippen LogP contribution in [0.25, 0.3) is 0 Å². The summed E-state index contributed by atoms with van der Waals surface area (Å²) in [4.78, 5) is 2.30. The molecule has 0 aromatic heterocycles. The zero-order valence-electron chi connectivity index (χ0n) is 4.39. The first-order valence-corrected chi connectivity index (χ1v) is 3.31. The van der Waals surface area contributed by atoms with Crippen LogP contribution in [-0.4, -0.2) is 23.9 Å². The highest BCUT2D eigenvalue weighted by molar-refractivity contribution is 7.80. The van der Waals surface area contributed by atoms with E-state index in [1.807, 2.05) is 0 Å². The smallest absolute Gasteiger partial charge is 0.0548 e. The third kappa shape index (κ3) is 1.35. The number of hydrogen-bond acceptors (Lipinski definition) is 1. The van der Waals surface area contributed by atoms with E-state index in [1.54, 1.807) is 0 Å². The van der Waals surface area contributed by atoms with Gasteiger partial charge in [0.15, 0.2) is 0 Å². The van der Waals surface area contributed by atoms with Crippen LogP contribution in [0.4, 0.5) is 0 Å². The molecule has 1 aliphatic heterocycles. The zero-order chi connectivity index (χ0) is 5.11. The van der Waals surface area contributed by atoms with Crippen LogP contribution in [0.5, 0.6) is 0 Å². The normalized spacial score (nSPS) is 23.6. The highest BCUT2D eigenvalue weighted by Gasteiger charge is 2.07. The van der Waals surface area contributed by atoms with Crippen molar-refractivity contribution in [1.29, 1.82) is 0 Å². The van der Waals surface area contributed by atoms with Crippen LogP contribution in [0.1, 0.15) is 12.8 Å². The maximum absolute atomic E-state index is 4.84. The molecule has 0 aromatic carbocycles. The van der Waals surface area contributed by atoms with Crippen molar-refractivity contribution in [3.8, 4) is 0 Å². The van der Waals surface area contributed by atoms with E-state index >= 15 is 0 Å². The summed E-state index contributed by atoms with van der Waals surface area (Å²) in [6, 6.07) is 0. The van der Waals surface area contributed by atoms with Crippen LogP contribution in [0, 0.1) is 0 Å². The van der Waals surface area contributed by atoms with Gasteiger partial charge in [-0.05, 0) is 25.9 Å². The van der Waals surface area contributed by atoms with E-state index < -0.39 is 0 Å². The molecule has 0 atom stereocenters. The minimum Gasteiger partial charge on any atom is -0.293 e. The lowest BCUT2D eigenvalue weighted by atomic mass is 10.4. The molecule has 0 amide bonds. The molecule has 1 heterocycles. The fourth-order valence-electron chi connectivity index (χ4n) is 0.912. The van der Waals surface area contributed by atoms with Gasteiger partial charge in [0.2, 0.25) is 0 Å². The van der Waals surface area contributed by atoms with Gasteiger partial charge in [-0.15, -0.1) is 0 Å². The summed E-state index contributed by atoms with van der Waals surface area (Å²) in [5.41, 5.74) is 0. The Morgan fingerprint density at radius 3 is 2.14 bits per heavy atom. The van der Waals surface area contributed by atoms with Crippen LogP contribution in [-0.2, 0) is 0 Å². The molecule has 0 unspecified atom stereocenters. The topological polar surface area (TPSA) is 3.24 Å². The Labute approximate surface area is 50.1 Å². The maximum Gasteiger partial charge on any atom is 0.0548 e. The highest BCUT2D eigenvalue weighted by atomic mass is 32.1. The quantitative estimate of drug-likeness (QED) is 0.498. The van der Waals surface area contributed by atoms with Crippen LogP contribution in [0.15, 0.2) is 0 Å². The van der Waals surface area contributed by atoms with E-state index in [9.17, 15) is 0 Å². The van der Waals surface area contributed by atoms with Gasteiger partial charge in [0.25, 0.3) is 0 Å². The SMILES string of the molecule is [S]CN1CCCC1. The second kappa shape index (κ2) is 2.58. The maximum atomic E-state index is 4.84. The molecule has 7 heavy (non-hydrogen) atoms. The first kappa shape index (κ1) is 5.45. The van der Waals surface area contributed by atoms with Crippen molar-refractivity contribution in [3.05, 3.63) is 0 Å². The molecule has 1 rings (SSSR count). The molecule has 0 spiro atoms. The molecule has 0 bridgehead atoms. The van der Waals surface area contributed by atoms with Gasteiger partial charge in [-0.3, -0.25) is 4.90 Å². The number of nitrogens with zero attached hydrogens (tertiary/aromatic N) is 1. The van der Waals surface area contributed by atoms with Crippen LogP contribution in [0.2, 0.25) is 0 Å². The Hall–Kier alpha value is 0.310. The molecule has 1 nitrogen and oxygen atoms in total. The van der Waals surface area contributed by atoms with Crippen molar-refractivity contribution in [2.75, 3.05) is 19.0 Å². The third-order valence-electron chi connectivity index (χ3n) is 1.38. The molecule has 41 valence electrons. The monoisotopic (exact) mass is 116 g/mol. The Balaban J connectivity index is 2.14. The van der Waals surface area contributed by atoms with Crippen molar-refractivity contribution in [2.24, 2.45) is 0 Å². The van der Waals surface area contributed by atoms with Crippen molar-refractivity contribution < 1.29 is 0 Å².